The van der Waals surface area contributed by atoms with E-state index in [0.29, 0.717) is 12.5 Å². The lowest BCUT2D eigenvalue weighted by atomic mass is 10.1. The van der Waals surface area contributed by atoms with Crippen molar-refractivity contribution in [2.45, 2.75) is 19.3 Å². The van der Waals surface area contributed by atoms with Crippen LogP contribution in [0.25, 0.3) is 0 Å². The van der Waals surface area contributed by atoms with Gasteiger partial charge in [-0.1, -0.05) is 6.07 Å². The maximum atomic E-state index is 11.4. The SMILES string of the molecule is CCOC(=O)[C@H]1C[C@@H]1c1ccc(Br)nc1. The van der Waals surface area contributed by atoms with E-state index in [2.05, 4.69) is 20.9 Å². The van der Waals surface area contributed by atoms with Crippen LogP contribution in [0.1, 0.15) is 24.8 Å². The van der Waals surface area contributed by atoms with Gasteiger partial charge in [-0.3, -0.25) is 4.79 Å². The molecular weight excluding hydrogens is 258 g/mol. The minimum Gasteiger partial charge on any atom is -0.466 e. The summed E-state index contributed by atoms with van der Waals surface area (Å²) < 4.78 is 5.79. The van der Waals surface area contributed by atoms with Crippen molar-refractivity contribution in [3.8, 4) is 0 Å². The van der Waals surface area contributed by atoms with E-state index in [1.54, 1.807) is 0 Å². The van der Waals surface area contributed by atoms with Crippen molar-refractivity contribution in [3.05, 3.63) is 28.5 Å². The zero-order valence-corrected chi connectivity index (χ0v) is 10.0. The smallest absolute Gasteiger partial charge is 0.309 e. The minimum atomic E-state index is -0.0783. The van der Waals surface area contributed by atoms with Crippen molar-refractivity contribution in [3.63, 3.8) is 0 Å². The molecule has 4 heteroatoms. The molecule has 1 saturated carbocycles. The van der Waals surface area contributed by atoms with Gasteiger partial charge in [-0.05, 0) is 46.8 Å². The minimum absolute atomic E-state index is 0.0490. The molecule has 1 aromatic rings. The van der Waals surface area contributed by atoms with Gasteiger partial charge in [-0.25, -0.2) is 4.98 Å². The lowest BCUT2D eigenvalue weighted by Gasteiger charge is -2.01. The largest absolute Gasteiger partial charge is 0.466 e. The molecule has 3 nitrogen and oxygen atoms in total. The summed E-state index contributed by atoms with van der Waals surface area (Å²) in [5.41, 5.74) is 1.12. The molecule has 1 aromatic heterocycles. The van der Waals surface area contributed by atoms with Crippen molar-refractivity contribution in [2.75, 3.05) is 6.61 Å². The molecular formula is C11H12BrNO2. The molecule has 0 radical (unpaired) electrons. The Kier molecular flexibility index (Phi) is 3.05. The number of halogens is 1. The number of carbonyl (C=O) groups is 1. The highest BCUT2D eigenvalue weighted by Gasteiger charge is 2.45. The molecule has 2 rings (SSSR count). The molecule has 2 atom stereocenters. The van der Waals surface area contributed by atoms with E-state index in [-0.39, 0.29) is 11.9 Å². The molecule has 80 valence electrons. The van der Waals surface area contributed by atoms with Crippen LogP contribution in [0, 0.1) is 5.92 Å². The van der Waals surface area contributed by atoms with E-state index in [4.69, 9.17) is 4.74 Å². The lowest BCUT2D eigenvalue weighted by Crippen LogP contribution is -2.07. The summed E-state index contributed by atoms with van der Waals surface area (Å²) >= 11 is 3.28. The number of carbonyl (C=O) groups excluding carboxylic acids is 1. The average molecular weight is 270 g/mol. The van der Waals surface area contributed by atoms with Crippen molar-refractivity contribution in [2.24, 2.45) is 5.92 Å². The number of aromatic nitrogens is 1. The van der Waals surface area contributed by atoms with Gasteiger partial charge >= 0.3 is 5.97 Å². The number of hydrogen-bond donors (Lipinski definition) is 0. The number of hydrogen-bond acceptors (Lipinski definition) is 3. The topological polar surface area (TPSA) is 39.2 Å². The number of ether oxygens (including phenoxy) is 1. The van der Waals surface area contributed by atoms with Crippen LogP contribution in [0.4, 0.5) is 0 Å². The lowest BCUT2D eigenvalue weighted by molar-refractivity contribution is -0.144. The molecule has 0 aromatic carbocycles. The number of pyridine rings is 1. The van der Waals surface area contributed by atoms with Crippen LogP contribution in [0.2, 0.25) is 0 Å². The molecule has 0 spiro atoms. The zero-order valence-electron chi connectivity index (χ0n) is 8.44. The standard InChI is InChI=1S/C11H12BrNO2/c1-2-15-11(14)9-5-8(9)7-3-4-10(12)13-6-7/h3-4,6,8-9H,2,5H2,1H3/t8-,9+/m1/s1. The van der Waals surface area contributed by atoms with Crippen LogP contribution in [0.5, 0.6) is 0 Å². The second-order valence-electron chi connectivity index (χ2n) is 3.61. The second kappa shape index (κ2) is 4.31. The van der Waals surface area contributed by atoms with E-state index < -0.39 is 0 Å². The molecule has 1 heterocycles. The van der Waals surface area contributed by atoms with Crippen LogP contribution >= 0.6 is 15.9 Å². The summed E-state index contributed by atoms with van der Waals surface area (Å²) in [7, 11) is 0. The summed E-state index contributed by atoms with van der Waals surface area (Å²) in [6.07, 6.45) is 2.70. The van der Waals surface area contributed by atoms with Gasteiger partial charge in [0.15, 0.2) is 0 Å². The molecule has 0 bridgehead atoms. The average Bonchev–Trinajstić information content (AvgIpc) is 2.99. The highest BCUT2D eigenvalue weighted by Crippen LogP contribution is 2.47. The predicted octanol–water partition coefficient (Wildman–Crippen LogP) is 2.51. The maximum Gasteiger partial charge on any atom is 0.309 e. The summed E-state index contributed by atoms with van der Waals surface area (Å²) in [5.74, 6) is 0.281. The van der Waals surface area contributed by atoms with E-state index in [1.165, 1.54) is 0 Å². The van der Waals surface area contributed by atoms with Crippen molar-refractivity contribution < 1.29 is 9.53 Å². The molecule has 1 fully saturated rings. The number of nitrogens with zero attached hydrogens (tertiary/aromatic N) is 1. The Labute approximate surface area is 97.0 Å². The summed E-state index contributed by atoms with van der Waals surface area (Å²) in [6.45, 7) is 2.29. The normalized spacial score (nSPS) is 23.6. The Morgan fingerprint density at radius 1 is 1.67 bits per heavy atom. The monoisotopic (exact) mass is 269 g/mol. The Bertz CT molecular complexity index is 363. The number of rotatable bonds is 3. The highest BCUT2D eigenvalue weighted by molar-refractivity contribution is 9.10. The van der Waals surface area contributed by atoms with Crippen LogP contribution in [-0.4, -0.2) is 17.6 Å². The van der Waals surface area contributed by atoms with Crippen LogP contribution < -0.4 is 0 Å². The summed E-state index contributed by atoms with van der Waals surface area (Å²) in [4.78, 5) is 15.5. The van der Waals surface area contributed by atoms with E-state index in [9.17, 15) is 4.79 Å². The van der Waals surface area contributed by atoms with Gasteiger partial charge in [0.05, 0.1) is 12.5 Å². The van der Waals surface area contributed by atoms with Crippen molar-refractivity contribution in [1.29, 1.82) is 0 Å². The fourth-order valence-corrected chi connectivity index (χ4v) is 1.91. The maximum absolute atomic E-state index is 11.4. The van der Waals surface area contributed by atoms with Gasteiger partial charge in [0.2, 0.25) is 0 Å². The first kappa shape index (κ1) is 10.6. The number of esters is 1. The third kappa shape index (κ3) is 2.37. The van der Waals surface area contributed by atoms with Gasteiger partial charge < -0.3 is 4.74 Å². The van der Waals surface area contributed by atoms with Gasteiger partial charge in [0.1, 0.15) is 4.60 Å². The van der Waals surface area contributed by atoms with Crippen molar-refractivity contribution >= 4 is 21.9 Å². The Morgan fingerprint density at radius 2 is 2.47 bits per heavy atom. The molecule has 0 aliphatic heterocycles. The third-order valence-corrected chi connectivity index (χ3v) is 3.03. The van der Waals surface area contributed by atoms with E-state index in [0.717, 1.165) is 16.6 Å². The zero-order chi connectivity index (χ0) is 10.8. The first-order chi connectivity index (χ1) is 7.22. The molecule has 1 aliphatic carbocycles. The first-order valence-electron chi connectivity index (χ1n) is 5.00. The molecule has 0 unspecified atom stereocenters. The van der Waals surface area contributed by atoms with E-state index in [1.807, 2.05) is 25.3 Å². The summed E-state index contributed by atoms with van der Waals surface area (Å²) in [6, 6.07) is 3.90. The predicted molar refractivity (Wildman–Crippen MR) is 59.4 cm³/mol. The quantitative estimate of drug-likeness (QED) is 0.625. The molecule has 0 saturated heterocycles. The Hall–Kier alpha value is -0.900. The van der Waals surface area contributed by atoms with Crippen LogP contribution in [0.15, 0.2) is 22.9 Å². The van der Waals surface area contributed by atoms with Crippen molar-refractivity contribution in [1.82, 2.24) is 4.98 Å². The Morgan fingerprint density at radius 3 is 3.07 bits per heavy atom. The molecule has 0 amide bonds. The third-order valence-electron chi connectivity index (χ3n) is 2.56. The molecule has 1 aliphatic rings. The van der Waals surface area contributed by atoms with Crippen LogP contribution in [0.3, 0.4) is 0 Å². The van der Waals surface area contributed by atoms with Gasteiger partial charge in [-0.2, -0.15) is 0 Å². The molecule has 0 N–H and O–H groups in total. The highest BCUT2D eigenvalue weighted by atomic mass is 79.9. The van der Waals surface area contributed by atoms with Crippen LogP contribution in [-0.2, 0) is 9.53 Å². The first-order valence-corrected chi connectivity index (χ1v) is 5.79. The molecule has 15 heavy (non-hydrogen) atoms. The fourth-order valence-electron chi connectivity index (χ4n) is 1.68. The van der Waals surface area contributed by atoms with Gasteiger partial charge in [0.25, 0.3) is 0 Å². The fraction of sp³-hybridized carbons (Fsp3) is 0.455. The van der Waals surface area contributed by atoms with Gasteiger partial charge in [0, 0.05) is 6.20 Å². The Balaban J connectivity index is 1.98. The second-order valence-corrected chi connectivity index (χ2v) is 4.43. The van der Waals surface area contributed by atoms with Gasteiger partial charge in [-0.15, -0.1) is 0 Å². The van der Waals surface area contributed by atoms with E-state index >= 15 is 0 Å². The summed E-state index contributed by atoms with van der Waals surface area (Å²) in [5, 5.41) is 0.